The van der Waals surface area contributed by atoms with Crippen LogP contribution in [-0.2, 0) is 26.1 Å². The number of rotatable bonds is 8. The quantitative estimate of drug-likeness (QED) is 0.230. The van der Waals surface area contributed by atoms with Gasteiger partial charge >= 0.3 is 16.5 Å². The molecule has 0 heterocycles. The van der Waals surface area contributed by atoms with E-state index < -0.39 is 11.9 Å². The van der Waals surface area contributed by atoms with E-state index in [2.05, 4.69) is 62.0 Å². The van der Waals surface area contributed by atoms with E-state index in [1.807, 2.05) is 65.2 Å². The first-order valence-corrected chi connectivity index (χ1v) is 14.5. The Kier molecular flexibility index (Phi) is 16.2. The molecule has 2 rings (SSSR count). The summed E-state index contributed by atoms with van der Waals surface area (Å²) in [5.41, 5.74) is 4.41. The Bertz CT molecular complexity index is 1000. The molecule has 232 valence electrons. The molecule has 0 radical (unpaired) electrons. The number of aliphatic carboxylic acids is 2. The summed E-state index contributed by atoms with van der Waals surface area (Å²) in [5.74, 6) is -1.65. The van der Waals surface area contributed by atoms with Crippen molar-refractivity contribution in [1.82, 2.24) is 9.80 Å². The Morgan fingerprint density at radius 2 is 0.927 bits per heavy atom. The molecule has 0 aliphatic heterocycles. The number of hydrogen-bond acceptors (Lipinski definition) is 6. The van der Waals surface area contributed by atoms with Crippen molar-refractivity contribution in [3.05, 3.63) is 46.8 Å². The zero-order valence-electron chi connectivity index (χ0n) is 26.9. The predicted octanol–water partition coefficient (Wildman–Crippen LogP) is 4.24. The minimum atomic E-state index is -1.21. The first-order valence-electron chi connectivity index (χ1n) is 14.5. The van der Waals surface area contributed by atoms with Gasteiger partial charge in [-0.3, -0.25) is 9.98 Å². The van der Waals surface area contributed by atoms with E-state index in [1.165, 1.54) is 11.1 Å². The van der Waals surface area contributed by atoms with Gasteiger partial charge in [-0.15, -0.1) is 0 Å². The van der Waals surface area contributed by atoms with Crippen molar-refractivity contribution in [1.29, 1.82) is 0 Å². The maximum Gasteiger partial charge on any atom is 2.00 e. The molecule has 0 bridgehead atoms. The third-order valence-electron chi connectivity index (χ3n) is 6.32. The van der Waals surface area contributed by atoms with E-state index in [-0.39, 0.29) is 52.3 Å². The van der Waals surface area contributed by atoms with Crippen LogP contribution in [0.2, 0.25) is 0 Å². The second-order valence-electron chi connectivity index (χ2n) is 11.9. The van der Waals surface area contributed by atoms with E-state index in [0.717, 1.165) is 24.2 Å². The van der Waals surface area contributed by atoms with Gasteiger partial charge in [-0.25, -0.2) is 0 Å². The minimum absolute atomic E-state index is 0. The van der Waals surface area contributed by atoms with Crippen molar-refractivity contribution in [2.24, 2.45) is 21.8 Å². The molecule has 0 aromatic carbocycles. The third-order valence-corrected chi connectivity index (χ3v) is 6.32. The number of nitrogens with zero attached hydrogens (tertiary/aromatic N) is 4. The molecule has 0 aromatic rings. The van der Waals surface area contributed by atoms with E-state index in [4.69, 9.17) is 0 Å². The van der Waals surface area contributed by atoms with Gasteiger partial charge in [0.05, 0.1) is 0 Å². The molecule has 2 aliphatic rings. The van der Waals surface area contributed by atoms with Crippen LogP contribution in [-0.4, -0.2) is 57.6 Å². The second-order valence-corrected chi connectivity index (χ2v) is 11.9. The summed E-state index contributed by atoms with van der Waals surface area (Å²) in [7, 11) is 0. The Morgan fingerprint density at radius 1 is 0.634 bits per heavy atom. The van der Waals surface area contributed by atoms with Crippen molar-refractivity contribution in [3.63, 3.8) is 0 Å². The average molecular weight is 613 g/mol. The number of hydrogen-bond donors (Lipinski definition) is 0. The smallest absolute Gasteiger partial charge is 0.542 e. The summed E-state index contributed by atoms with van der Waals surface area (Å²) in [6.07, 6.45) is 9.80. The van der Waals surface area contributed by atoms with Gasteiger partial charge in [0.25, 0.3) is 0 Å². The normalized spacial score (nSPS) is 15.6. The largest absolute Gasteiger partial charge is 2.00 e. The van der Waals surface area contributed by atoms with Gasteiger partial charge in [0.2, 0.25) is 0 Å². The number of carboxylic acid groups (broad SMARTS) is 2. The number of carbonyl (C=O) groups is 2. The standard InChI is InChI=1S/2C16H26N2O2.Ni/c2*1-10(2)13-8-7-9-14(13)18(12(5)6)15(16(19)20)17-11(3)4;/h2*7-8,10-12H,9H2,1-6H3,(H,19,20);/q;;+2/p-2. The number of allylic oxidation sites excluding steroid dienone is 6. The first-order chi connectivity index (χ1) is 18.5. The fraction of sp³-hybridized carbons (Fsp3) is 0.625. The van der Waals surface area contributed by atoms with Crippen molar-refractivity contribution in [3.8, 4) is 0 Å². The maximum absolute atomic E-state index is 11.5. The van der Waals surface area contributed by atoms with Crippen LogP contribution in [0, 0.1) is 11.8 Å². The number of aliphatic imine (C=N–C) groups is 2. The van der Waals surface area contributed by atoms with Crippen LogP contribution in [0.4, 0.5) is 0 Å². The van der Waals surface area contributed by atoms with E-state index in [0.29, 0.717) is 11.8 Å². The molecular formula is C32H50N4NiO4. The van der Waals surface area contributed by atoms with Crippen LogP contribution < -0.4 is 10.2 Å². The van der Waals surface area contributed by atoms with Crippen LogP contribution in [0.5, 0.6) is 0 Å². The fourth-order valence-electron chi connectivity index (χ4n) is 4.83. The summed E-state index contributed by atoms with van der Waals surface area (Å²) in [5, 5.41) is 23.0. The topological polar surface area (TPSA) is 111 Å². The summed E-state index contributed by atoms with van der Waals surface area (Å²) in [6, 6.07) is -0.119. The molecule has 8 nitrogen and oxygen atoms in total. The molecule has 41 heavy (non-hydrogen) atoms. The predicted molar refractivity (Wildman–Crippen MR) is 160 cm³/mol. The monoisotopic (exact) mass is 612 g/mol. The number of carbonyl (C=O) groups excluding carboxylic acids is 2. The molecule has 0 N–H and O–H groups in total. The van der Waals surface area contributed by atoms with Crippen LogP contribution in [0.25, 0.3) is 0 Å². The van der Waals surface area contributed by atoms with Gasteiger partial charge in [-0.05, 0) is 78.4 Å². The average Bonchev–Trinajstić information content (AvgIpc) is 3.48. The van der Waals surface area contributed by atoms with Crippen molar-refractivity contribution in [2.45, 2.75) is 120 Å². The third kappa shape index (κ3) is 10.9. The summed E-state index contributed by atoms with van der Waals surface area (Å²) in [4.78, 5) is 35.1. The molecule has 0 spiro atoms. The Morgan fingerprint density at radius 3 is 1.12 bits per heavy atom. The fourth-order valence-corrected chi connectivity index (χ4v) is 4.83. The first kappa shape index (κ1) is 38.3. The molecule has 9 heteroatoms. The van der Waals surface area contributed by atoms with Crippen LogP contribution >= 0.6 is 0 Å². The van der Waals surface area contributed by atoms with Crippen molar-refractivity contribution in [2.75, 3.05) is 0 Å². The number of amidine groups is 2. The molecule has 0 unspecified atom stereocenters. The molecule has 0 saturated carbocycles. The summed E-state index contributed by atoms with van der Waals surface area (Å²) >= 11 is 0. The number of carboxylic acids is 2. The molecular weight excluding hydrogens is 563 g/mol. The van der Waals surface area contributed by atoms with E-state index >= 15 is 0 Å². The van der Waals surface area contributed by atoms with Gasteiger partial charge in [0.15, 0.2) is 11.7 Å². The van der Waals surface area contributed by atoms with E-state index in [1.54, 1.807) is 0 Å². The maximum atomic E-state index is 11.5. The molecule has 2 aliphatic carbocycles. The zero-order chi connectivity index (χ0) is 30.9. The van der Waals surface area contributed by atoms with Crippen LogP contribution in [0.15, 0.2) is 56.8 Å². The molecule has 0 aromatic heterocycles. The van der Waals surface area contributed by atoms with Gasteiger partial charge in [0, 0.05) is 48.4 Å². The molecule has 0 saturated heterocycles. The van der Waals surface area contributed by atoms with Gasteiger partial charge in [0.1, 0.15) is 11.9 Å². The van der Waals surface area contributed by atoms with Gasteiger partial charge in [-0.2, -0.15) is 0 Å². The summed E-state index contributed by atoms with van der Waals surface area (Å²) < 4.78 is 0. The van der Waals surface area contributed by atoms with Gasteiger partial charge < -0.3 is 29.6 Å². The Balaban J connectivity index is 0.000000762. The summed E-state index contributed by atoms with van der Waals surface area (Å²) in [6.45, 7) is 23.8. The minimum Gasteiger partial charge on any atom is -0.542 e. The van der Waals surface area contributed by atoms with Crippen molar-refractivity contribution < 1.29 is 36.3 Å². The molecule has 0 atom stereocenters. The Hall–Kier alpha value is -2.67. The SMILES string of the molecule is CC(C)N=C(C(=O)[O-])N(C1=C(C(C)C)C=CC1)C(C)C.CC(C)N=C(C(=O)[O-])N(C1=C(C(C)C)C=CC1)C(C)C.[Ni+2]. The molecule has 0 fully saturated rings. The van der Waals surface area contributed by atoms with Crippen LogP contribution in [0.3, 0.4) is 0 Å². The van der Waals surface area contributed by atoms with Crippen molar-refractivity contribution >= 4 is 23.6 Å². The second kappa shape index (κ2) is 17.3. The molecule has 0 amide bonds. The van der Waals surface area contributed by atoms with E-state index in [9.17, 15) is 19.8 Å². The Labute approximate surface area is 258 Å². The zero-order valence-corrected chi connectivity index (χ0v) is 27.9. The van der Waals surface area contributed by atoms with Crippen LogP contribution in [0.1, 0.15) is 95.9 Å². The van der Waals surface area contributed by atoms with Gasteiger partial charge in [-0.1, -0.05) is 52.0 Å².